The van der Waals surface area contributed by atoms with Gasteiger partial charge >= 0.3 is 0 Å². The van der Waals surface area contributed by atoms with Gasteiger partial charge in [-0.1, -0.05) is 53.9 Å². The van der Waals surface area contributed by atoms with Crippen LogP contribution in [0.2, 0.25) is 0 Å². The second kappa shape index (κ2) is 22.4. The average molecular weight is 199 g/mol. The first-order valence-electron chi connectivity index (χ1n) is 4.27. The van der Waals surface area contributed by atoms with E-state index in [1.54, 1.807) is 0 Å². The molecule has 0 saturated heterocycles. The summed E-state index contributed by atoms with van der Waals surface area (Å²) in [7, 11) is 0. The Bertz CT molecular complexity index is 38.5. The minimum atomic E-state index is 0. The molecule has 0 saturated carbocycles. The molecule has 0 fully saturated rings. The van der Waals surface area contributed by atoms with E-state index in [0.29, 0.717) is 0 Å². The summed E-state index contributed by atoms with van der Waals surface area (Å²) < 4.78 is 0. The molecule has 1 nitrogen and oxygen atoms in total. The molecule has 0 aromatic heterocycles. The first kappa shape index (κ1) is 22.6. The molecule has 0 unspecified atom stereocenters. The zero-order chi connectivity index (χ0) is 7.70. The van der Waals surface area contributed by atoms with Gasteiger partial charge in [-0.05, 0) is 5.92 Å². The maximum atomic E-state index is 2.27. The molecule has 0 bridgehead atoms. The minimum absolute atomic E-state index is 0. The summed E-state index contributed by atoms with van der Waals surface area (Å²) >= 11 is 0. The Morgan fingerprint density at radius 2 is 1.45 bits per heavy atom. The van der Waals surface area contributed by atoms with E-state index in [-0.39, 0.29) is 24.0 Å². The molecule has 0 spiro atoms. The fourth-order valence-corrected chi connectivity index (χ4v) is 0.612. The normalized spacial score (nSPS) is 7.09. The maximum Gasteiger partial charge on any atom is 0 e. The van der Waals surface area contributed by atoms with Crippen LogP contribution in [0, 0.1) is 5.92 Å². The number of rotatable bonds is 3. The summed E-state index contributed by atoms with van der Waals surface area (Å²) in [6, 6.07) is 0. The van der Waals surface area contributed by atoms with E-state index in [2.05, 4.69) is 20.8 Å². The number of hydrogen-bond acceptors (Lipinski definition) is 0. The summed E-state index contributed by atoms with van der Waals surface area (Å²) in [6.45, 7) is 10.8. The Labute approximate surface area is 84.2 Å². The molecular formula is C9H24OV. The summed E-state index contributed by atoms with van der Waals surface area (Å²) in [5.74, 6) is 0.903. The molecule has 2 heteroatoms. The number of hydrogen-bond donors (Lipinski definition) is 0. The molecule has 2 N–H and O–H groups in total. The van der Waals surface area contributed by atoms with Crippen LogP contribution < -0.4 is 0 Å². The van der Waals surface area contributed by atoms with Gasteiger partial charge in [-0.25, -0.2) is 0 Å². The van der Waals surface area contributed by atoms with Crippen LogP contribution in [0.1, 0.15) is 53.9 Å². The van der Waals surface area contributed by atoms with Crippen molar-refractivity contribution in [2.75, 3.05) is 0 Å². The van der Waals surface area contributed by atoms with Crippen LogP contribution in [0.5, 0.6) is 0 Å². The predicted molar refractivity (Wildman–Crippen MR) is 49.3 cm³/mol. The SMILES string of the molecule is CC.CCCCC(C)C.O.[V]. The van der Waals surface area contributed by atoms with Crippen molar-refractivity contribution in [1.29, 1.82) is 0 Å². The summed E-state index contributed by atoms with van der Waals surface area (Å²) in [6.07, 6.45) is 4.15. The van der Waals surface area contributed by atoms with Gasteiger partial charge in [0.15, 0.2) is 0 Å². The van der Waals surface area contributed by atoms with Gasteiger partial charge in [-0.15, -0.1) is 0 Å². The predicted octanol–water partition coefficient (Wildman–Crippen LogP) is 3.03. The Balaban J connectivity index is -0.0000000564. The van der Waals surface area contributed by atoms with Crippen LogP contribution in [0.15, 0.2) is 0 Å². The fourth-order valence-electron chi connectivity index (χ4n) is 0.612. The Hall–Kier alpha value is 0.544. The standard InChI is InChI=1S/C7H16.C2H6.H2O.V/c1-4-5-6-7(2)3;1-2;;/h7H,4-6H2,1-3H3;1-2H3;1H2;. The summed E-state index contributed by atoms with van der Waals surface area (Å²) in [5.41, 5.74) is 0. The average Bonchev–Trinajstić information content (AvgIpc) is 1.88. The van der Waals surface area contributed by atoms with E-state index in [9.17, 15) is 0 Å². The molecule has 0 aromatic rings. The van der Waals surface area contributed by atoms with E-state index < -0.39 is 0 Å². The summed E-state index contributed by atoms with van der Waals surface area (Å²) in [4.78, 5) is 0. The van der Waals surface area contributed by atoms with Gasteiger partial charge in [0.05, 0.1) is 0 Å². The second-order valence-corrected chi connectivity index (χ2v) is 2.54. The molecule has 1 radical (unpaired) electrons. The van der Waals surface area contributed by atoms with Crippen LogP contribution in [0.25, 0.3) is 0 Å². The van der Waals surface area contributed by atoms with Crippen LogP contribution in [-0.4, -0.2) is 5.48 Å². The third kappa shape index (κ3) is 37.3. The van der Waals surface area contributed by atoms with E-state index in [0.717, 1.165) is 5.92 Å². The van der Waals surface area contributed by atoms with Crippen molar-refractivity contribution in [2.24, 2.45) is 5.92 Å². The first-order valence-corrected chi connectivity index (χ1v) is 4.27. The Morgan fingerprint density at radius 1 is 1.09 bits per heavy atom. The monoisotopic (exact) mass is 199 g/mol. The molecule has 0 aliphatic rings. The van der Waals surface area contributed by atoms with E-state index in [1.165, 1.54) is 19.3 Å². The van der Waals surface area contributed by atoms with Gasteiger partial charge in [-0.3, -0.25) is 0 Å². The van der Waals surface area contributed by atoms with Crippen molar-refractivity contribution in [2.45, 2.75) is 53.9 Å². The number of unbranched alkanes of at least 4 members (excludes halogenated alkanes) is 1. The third-order valence-electron chi connectivity index (χ3n) is 1.14. The molecule has 0 heterocycles. The van der Waals surface area contributed by atoms with E-state index in [4.69, 9.17) is 0 Å². The maximum absolute atomic E-state index is 2.27. The van der Waals surface area contributed by atoms with Gasteiger partial charge < -0.3 is 5.48 Å². The van der Waals surface area contributed by atoms with Crippen molar-refractivity contribution in [3.05, 3.63) is 0 Å². The van der Waals surface area contributed by atoms with Gasteiger partial charge in [-0.2, -0.15) is 0 Å². The molecular weight excluding hydrogens is 175 g/mol. The van der Waals surface area contributed by atoms with Crippen LogP contribution in [0.3, 0.4) is 0 Å². The van der Waals surface area contributed by atoms with Crippen molar-refractivity contribution >= 4 is 0 Å². The van der Waals surface area contributed by atoms with Gasteiger partial charge in [0.1, 0.15) is 0 Å². The smallest absolute Gasteiger partial charge is 0 e. The van der Waals surface area contributed by atoms with Crippen LogP contribution in [0.4, 0.5) is 0 Å². The first-order chi connectivity index (χ1) is 4.27. The van der Waals surface area contributed by atoms with Crippen LogP contribution >= 0.6 is 0 Å². The molecule has 0 aromatic carbocycles. The molecule has 0 aliphatic carbocycles. The molecule has 0 rings (SSSR count). The quantitative estimate of drug-likeness (QED) is 0.669. The van der Waals surface area contributed by atoms with Crippen molar-refractivity contribution in [3.63, 3.8) is 0 Å². The van der Waals surface area contributed by atoms with E-state index in [1.807, 2.05) is 13.8 Å². The zero-order valence-electron chi connectivity index (χ0n) is 8.65. The van der Waals surface area contributed by atoms with Gasteiger partial charge in [0.2, 0.25) is 0 Å². The van der Waals surface area contributed by atoms with Crippen molar-refractivity contribution < 1.29 is 24.0 Å². The van der Waals surface area contributed by atoms with Gasteiger partial charge in [0.25, 0.3) is 0 Å². The van der Waals surface area contributed by atoms with Crippen LogP contribution in [-0.2, 0) is 18.6 Å². The molecule has 0 amide bonds. The van der Waals surface area contributed by atoms with Crippen molar-refractivity contribution in [1.82, 2.24) is 0 Å². The molecule has 0 atom stereocenters. The molecule has 71 valence electrons. The molecule has 0 aliphatic heterocycles. The van der Waals surface area contributed by atoms with Crippen molar-refractivity contribution in [3.8, 4) is 0 Å². The van der Waals surface area contributed by atoms with Gasteiger partial charge in [0, 0.05) is 18.6 Å². The Kier molecular flexibility index (Phi) is 46.0. The second-order valence-electron chi connectivity index (χ2n) is 2.54. The van der Waals surface area contributed by atoms with E-state index >= 15 is 0 Å². The topological polar surface area (TPSA) is 31.5 Å². The zero-order valence-corrected chi connectivity index (χ0v) is 10.0. The largest absolute Gasteiger partial charge is 0.412 e. The fraction of sp³-hybridized carbons (Fsp3) is 1.00. The summed E-state index contributed by atoms with van der Waals surface area (Å²) in [5, 5.41) is 0. The third-order valence-corrected chi connectivity index (χ3v) is 1.14. The molecule has 11 heavy (non-hydrogen) atoms. The Morgan fingerprint density at radius 3 is 1.55 bits per heavy atom. The minimum Gasteiger partial charge on any atom is -0.412 e.